The van der Waals surface area contributed by atoms with Crippen molar-refractivity contribution in [1.29, 1.82) is 0 Å². The van der Waals surface area contributed by atoms with Gasteiger partial charge in [0.25, 0.3) is 0 Å². The van der Waals surface area contributed by atoms with Crippen LogP contribution in [-0.2, 0) is 0 Å². The second kappa shape index (κ2) is 4.80. The van der Waals surface area contributed by atoms with Crippen molar-refractivity contribution >= 4 is 33.5 Å². The van der Waals surface area contributed by atoms with Gasteiger partial charge in [-0.25, -0.2) is 4.98 Å². The number of aromatic nitrogens is 1. The van der Waals surface area contributed by atoms with E-state index >= 15 is 0 Å². The van der Waals surface area contributed by atoms with Crippen LogP contribution in [0.25, 0.3) is 10.2 Å². The number of nitrogens with two attached hydrogens (primary N) is 1. The molecular formula is C9H10N2O2S2. The van der Waals surface area contributed by atoms with Crippen molar-refractivity contribution in [3.05, 3.63) is 18.2 Å². The average molecular weight is 242 g/mol. The number of hydrogen-bond acceptors (Lipinski definition) is 6. The van der Waals surface area contributed by atoms with E-state index in [1.54, 1.807) is 0 Å². The summed E-state index contributed by atoms with van der Waals surface area (Å²) in [6.45, 7) is 0.327. The molecule has 0 unspecified atom stereocenters. The fourth-order valence-electron chi connectivity index (χ4n) is 1.19. The third kappa shape index (κ3) is 2.40. The first-order valence-electron chi connectivity index (χ1n) is 4.34. The summed E-state index contributed by atoms with van der Waals surface area (Å²) >= 11 is 2.67. The van der Waals surface area contributed by atoms with Gasteiger partial charge in [-0.15, -0.1) is 11.3 Å². The molecule has 0 saturated heterocycles. The first kappa shape index (κ1) is 10.7. The van der Waals surface area contributed by atoms with Crippen LogP contribution in [0.4, 0.5) is 0 Å². The van der Waals surface area contributed by atoms with Crippen LogP contribution < -0.4 is 9.88 Å². The molecule has 80 valence electrons. The van der Waals surface area contributed by atoms with E-state index in [4.69, 9.17) is 15.0 Å². The minimum atomic E-state index is 0.0185. The second-order valence-electron chi connectivity index (χ2n) is 2.80. The highest BCUT2D eigenvalue weighted by Gasteiger charge is 2.04. The molecule has 0 amide bonds. The number of fused-ring (bicyclic) bond motifs is 1. The molecule has 0 aliphatic carbocycles. The molecule has 0 atom stereocenters. The molecule has 3 N–H and O–H groups in total. The van der Waals surface area contributed by atoms with E-state index in [1.165, 1.54) is 11.3 Å². The number of hydrogen-bond donors (Lipinski definition) is 2. The fraction of sp³-hybridized carbons (Fsp3) is 0.222. The Balaban J connectivity index is 2.29. The minimum absolute atomic E-state index is 0.0185. The summed E-state index contributed by atoms with van der Waals surface area (Å²) in [6.07, 6.45) is 0. The standard InChI is InChI=1S/C9H10N2O2S2/c10-15-9-11-7-2-1-6(13-4-3-12)5-8(7)14-9/h1-2,5,12H,3-4,10H2. The molecule has 1 aromatic carbocycles. The zero-order valence-electron chi connectivity index (χ0n) is 7.84. The molecule has 0 aliphatic heterocycles. The van der Waals surface area contributed by atoms with Gasteiger partial charge in [0, 0.05) is 0 Å². The molecule has 2 rings (SSSR count). The Morgan fingerprint density at radius 2 is 2.40 bits per heavy atom. The van der Waals surface area contributed by atoms with Gasteiger partial charge in [-0.05, 0) is 30.1 Å². The highest BCUT2D eigenvalue weighted by molar-refractivity contribution is 7.99. The molecule has 15 heavy (non-hydrogen) atoms. The summed E-state index contributed by atoms with van der Waals surface area (Å²) in [5.74, 6) is 0.744. The van der Waals surface area contributed by atoms with Gasteiger partial charge in [0.15, 0.2) is 4.34 Å². The summed E-state index contributed by atoms with van der Waals surface area (Å²) in [7, 11) is 0. The van der Waals surface area contributed by atoms with E-state index in [1.807, 2.05) is 18.2 Å². The van der Waals surface area contributed by atoms with Crippen LogP contribution >= 0.6 is 23.3 Å². The van der Waals surface area contributed by atoms with Crippen LogP contribution in [0.1, 0.15) is 0 Å². The zero-order chi connectivity index (χ0) is 10.7. The lowest BCUT2D eigenvalue weighted by Gasteiger charge is -2.02. The quantitative estimate of drug-likeness (QED) is 0.798. The van der Waals surface area contributed by atoms with Crippen molar-refractivity contribution in [3.63, 3.8) is 0 Å². The molecule has 1 aromatic heterocycles. The van der Waals surface area contributed by atoms with Crippen LogP contribution in [0, 0.1) is 0 Å². The number of ether oxygens (including phenoxy) is 1. The van der Waals surface area contributed by atoms with Crippen molar-refractivity contribution in [2.75, 3.05) is 13.2 Å². The summed E-state index contributed by atoms with van der Waals surface area (Å²) in [5.41, 5.74) is 0.921. The maximum absolute atomic E-state index is 8.63. The molecule has 6 heteroatoms. The molecule has 0 aliphatic rings. The van der Waals surface area contributed by atoms with E-state index in [0.717, 1.165) is 32.3 Å². The Kier molecular flexibility index (Phi) is 3.42. The summed E-state index contributed by atoms with van der Waals surface area (Å²) < 4.78 is 7.17. The van der Waals surface area contributed by atoms with Gasteiger partial charge < -0.3 is 9.84 Å². The lowest BCUT2D eigenvalue weighted by Crippen LogP contribution is -2.00. The average Bonchev–Trinajstić information content (AvgIpc) is 2.68. The van der Waals surface area contributed by atoms with Crippen molar-refractivity contribution < 1.29 is 9.84 Å². The lowest BCUT2D eigenvalue weighted by atomic mass is 10.3. The Hall–Kier alpha value is -0.820. The Labute approximate surface area is 95.2 Å². The van der Waals surface area contributed by atoms with Crippen LogP contribution in [0.2, 0.25) is 0 Å². The number of aliphatic hydroxyl groups is 1. The highest BCUT2D eigenvalue weighted by Crippen LogP contribution is 2.29. The first-order chi connectivity index (χ1) is 7.33. The predicted octanol–water partition coefficient (Wildman–Crippen LogP) is 1.63. The number of rotatable bonds is 4. The van der Waals surface area contributed by atoms with Gasteiger partial charge in [-0.3, -0.25) is 5.14 Å². The molecule has 0 fully saturated rings. The van der Waals surface area contributed by atoms with E-state index in [2.05, 4.69) is 4.98 Å². The van der Waals surface area contributed by atoms with E-state index in [9.17, 15) is 0 Å². The first-order valence-corrected chi connectivity index (χ1v) is 6.04. The van der Waals surface area contributed by atoms with Gasteiger partial charge in [0.2, 0.25) is 0 Å². The highest BCUT2D eigenvalue weighted by atomic mass is 32.2. The summed E-state index contributed by atoms with van der Waals surface area (Å²) in [5, 5.41) is 14.1. The zero-order valence-corrected chi connectivity index (χ0v) is 9.48. The van der Waals surface area contributed by atoms with Crippen molar-refractivity contribution in [3.8, 4) is 5.75 Å². The van der Waals surface area contributed by atoms with Gasteiger partial charge in [0.05, 0.1) is 16.8 Å². The molecule has 1 heterocycles. The number of thiazole rings is 1. The summed E-state index contributed by atoms with van der Waals surface area (Å²) in [6, 6.07) is 5.63. The molecule has 0 spiro atoms. The molecular weight excluding hydrogens is 232 g/mol. The van der Waals surface area contributed by atoms with Crippen molar-refractivity contribution in [2.24, 2.45) is 5.14 Å². The Morgan fingerprint density at radius 3 is 3.13 bits per heavy atom. The van der Waals surface area contributed by atoms with E-state index < -0.39 is 0 Å². The SMILES string of the molecule is NSc1nc2ccc(OCCO)cc2s1. The monoisotopic (exact) mass is 242 g/mol. The Bertz CT molecular complexity index is 458. The number of benzene rings is 1. The summed E-state index contributed by atoms with van der Waals surface area (Å²) in [4.78, 5) is 4.30. The largest absolute Gasteiger partial charge is 0.491 e. The van der Waals surface area contributed by atoms with Crippen molar-refractivity contribution in [2.45, 2.75) is 4.34 Å². The molecule has 0 bridgehead atoms. The third-order valence-corrected chi connectivity index (χ3v) is 3.45. The lowest BCUT2D eigenvalue weighted by molar-refractivity contribution is 0.201. The van der Waals surface area contributed by atoms with Crippen molar-refractivity contribution in [1.82, 2.24) is 4.98 Å². The molecule has 0 radical (unpaired) electrons. The number of aliphatic hydroxyl groups excluding tert-OH is 1. The maximum atomic E-state index is 8.63. The molecule has 0 saturated carbocycles. The van der Waals surface area contributed by atoms with Crippen LogP contribution in [0.5, 0.6) is 5.75 Å². The van der Waals surface area contributed by atoms with E-state index in [-0.39, 0.29) is 6.61 Å². The second-order valence-corrected chi connectivity index (χ2v) is 4.71. The van der Waals surface area contributed by atoms with Crippen LogP contribution in [0.3, 0.4) is 0 Å². The maximum Gasteiger partial charge on any atom is 0.165 e. The minimum Gasteiger partial charge on any atom is -0.491 e. The van der Waals surface area contributed by atoms with Gasteiger partial charge in [-0.2, -0.15) is 0 Å². The number of nitrogens with zero attached hydrogens (tertiary/aromatic N) is 1. The van der Waals surface area contributed by atoms with Gasteiger partial charge in [0.1, 0.15) is 12.4 Å². The smallest absolute Gasteiger partial charge is 0.165 e. The van der Waals surface area contributed by atoms with Gasteiger partial charge in [-0.1, -0.05) is 0 Å². The predicted molar refractivity (Wildman–Crippen MR) is 62.2 cm³/mol. The third-order valence-electron chi connectivity index (χ3n) is 1.80. The molecule has 2 aromatic rings. The van der Waals surface area contributed by atoms with E-state index in [0.29, 0.717) is 6.61 Å². The van der Waals surface area contributed by atoms with Gasteiger partial charge >= 0.3 is 0 Å². The fourth-order valence-corrected chi connectivity index (χ4v) is 2.53. The van der Waals surface area contributed by atoms with Crippen LogP contribution in [-0.4, -0.2) is 23.3 Å². The Morgan fingerprint density at radius 1 is 1.53 bits per heavy atom. The normalized spacial score (nSPS) is 10.8. The van der Waals surface area contributed by atoms with Crippen LogP contribution in [0.15, 0.2) is 22.5 Å². The molecule has 4 nitrogen and oxygen atoms in total. The topological polar surface area (TPSA) is 68.4 Å².